The average Bonchev–Trinajstić information content (AvgIpc) is 3.34. The van der Waals surface area contributed by atoms with Crippen molar-refractivity contribution in [3.05, 3.63) is 52.3 Å². The van der Waals surface area contributed by atoms with Crippen LogP contribution in [0.3, 0.4) is 0 Å². The number of thiophene rings is 1. The van der Waals surface area contributed by atoms with E-state index < -0.39 is 11.9 Å². The highest BCUT2D eigenvalue weighted by Gasteiger charge is 2.33. The third kappa shape index (κ3) is 4.21. The number of rotatable bonds is 4. The Morgan fingerprint density at radius 2 is 1.89 bits per heavy atom. The van der Waals surface area contributed by atoms with Crippen LogP contribution in [0.2, 0.25) is 0 Å². The topological polar surface area (TPSA) is 110 Å². The van der Waals surface area contributed by atoms with Crippen LogP contribution >= 0.6 is 23.1 Å². The molecule has 0 spiro atoms. The third-order valence-corrected chi connectivity index (χ3v) is 5.86. The molecule has 1 aromatic heterocycles. The molecule has 140 valence electrons. The summed E-state index contributed by atoms with van der Waals surface area (Å²) in [5, 5.41) is 29.7. The molecule has 27 heavy (non-hydrogen) atoms. The molecule has 1 aromatic carbocycles. The standard InChI is InChI=1S/C14H12N2OS2.C4H4O4/c17-7-12-13(16-6-5-15-14(16)19-12)10-8-18-11-4-2-1-3-9(10)11;5-3(6)1-2-4(7)8/h1-4,8,17H,5-7H2;1-2H,(H,5,6)(H,7,8)/b;2-1+. The lowest BCUT2D eigenvalue weighted by Crippen LogP contribution is -2.19. The predicted octanol–water partition coefficient (Wildman–Crippen LogP) is 2.69. The summed E-state index contributed by atoms with van der Waals surface area (Å²) in [5.74, 6) is -2.51. The lowest BCUT2D eigenvalue weighted by Gasteiger charge is -2.16. The summed E-state index contributed by atoms with van der Waals surface area (Å²) in [7, 11) is 0. The molecule has 0 fully saturated rings. The smallest absolute Gasteiger partial charge is 0.328 e. The Morgan fingerprint density at radius 3 is 2.56 bits per heavy atom. The van der Waals surface area contributed by atoms with Gasteiger partial charge in [0.25, 0.3) is 0 Å². The van der Waals surface area contributed by atoms with Crippen molar-refractivity contribution in [3.8, 4) is 0 Å². The van der Waals surface area contributed by atoms with E-state index in [2.05, 4.69) is 39.5 Å². The van der Waals surface area contributed by atoms with E-state index in [1.807, 2.05) is 0 Å². The molecule has 2 aliphatic rings. The average molecular weight is 404 g/mol. The Balaban J connectivity index is 0.000000226. The number of amidine groups is 1. The number of carboxylic acids is 2. The second-order valence-corrected chi connectivity index (χ2v) is 7.48. The Kier molecular flexibility index (Phi) is 5.94. The third-order valence-electron chi connectivity index (χ3n) is 3.80. The zero-order valence-corrected chi connectivity index (χ0v) is 15.7. The maximum absolute atomic E-state index is 9.61. The first-order chi connectivity index (χ1) is 13.0. The highest BCUT2D eigenvalue weighted by atomic mass is 32.2. The maximum Gasteiger partial charge on any atom is 0.328 e. The van der Waals surface area contributed by atoms with Gasteiger partial charge < -0.3 is 20.2 Å². The minimum absolute atomic E-state index is 0.0830. The van der Waals surface area contributed by atoms with Crippen LogP contribution in [0, 0.1) is 0 Å². The van der Waals surface area contributed by atoms with E-state index in [0.717, 1.165) is 28.9 Å². The molecular weight excluding hydrogens is 388 g/mol. The minimum atomic E-state index is -1.26. The largest absolute Gasteiger partial charge is 0.478 e. The van der Waals surface area contributed by atoms with E-state index >= 15 is 0 Å². The van der Waals surface area contributed by atoms with Crippen molar-refractivity contribution >= 4 is 56.0 Å². The number of aliphatic hydroxyl groups excluding tert-OH is 1. The molecule has 2 aromatic rings. The van der Waals surface area contributed by atoms with Crippen LogP contribution < -0.4 is 0 Å². The van der Waals surface area contributed by atoms with Gasteiger partial charge in [-0.25, -0.2) is 9.59 Å². The van der Waals surface area contributed by atoms with Crippen LogP contribution in [0.15, 0.2) is 51.7 Å². The molecule has 0 radical (unpaired) electrons. The van der Waals surface area contributed by atoms with Gasteiger partial charge >= 0.3 is 11.9 Å². The molecule has 7 nitrogen and oxygen atoms in total. The molecule has 2 aliphatic heterocycles. The van der Waals surface area contributed by atoms with Crippen molar-refractivity contribution in [1.29, 1.82) is 0 Å². The molecule has 3 N–H and O–H groups in total. The van der Waals surface area contributed by atoms with Gasteiger partial charge in [-0.2, -0.15) is 0 Å². The number of carbonyl (C=O) groups is 2. The second-order valence-electron chi connectivity index (χ2n) is 5.50. The summed E-state index contributed by atoms with van der Waals surface area (Å²) >= 11 is 3.36. The van der Waals surface area contributed by atoms with Gasteiger partial charge in [-0.15, -0.1) is 11.3 Å². The lowest BCUT2D eigenvalue weighted by molar-refractivity contribution is -0.134. The number of hydrogen-bond donors (Lipinski definition) is 3. The van der Waals surface area contributed by atoms with Gasteiger partial charge in [0.05, 0.1) is 18.8 Å². The van der Waals surface area contributed by atoms with Crippen LogP contribution in [0.5, 0.6) is 0 Å². The molecule has 3 heterocycles. The van der Waals surface area contributed by atoms with E-state index in [1.165, 1.54) is 15.6 Å². The Bertz CT molecular complexity index is 961. The van der Waals surface area contributed by atoms with Crippen LogP contribution in [0.4, 0.5) is 0 Å². The van der Waals surface area contributed by atoms with Crippen LogP contribution in [0.25, 0.3) is 15.8 Å². The maximum atomic E-state index is 9.61. The SMILES string of the molecule is O=C(O)/C=C/C(=O)O.OCC1=C(c2csc3ccccc23)N2CCN=C2S1. The molecule has 0 amide bonds. The Morgan fingerprint density at radius 1 is 1.19 bits per heavy atom. The first kappa shape index (κ1) is 19.2. The normalized spacial score (nSPS) is 15.7. The molecule has 0 aliphatic carbocycles. The first-order valence-electron chi connectivity index (χ1n) is 7.95. The number of hydrogen-bond acceptors (Lipinski definition) is 7. The summed E-state index contributed by atoms with van der Waals surface area (Å²) in [6.45, 7) is 1.86. The number of aliphatic carboxylic acids is 2. The highest BCUT2D eigenvalue weighted by molar-refractivity contribution is 8.17. The minimum Gasteiger partial charge on any atom is -0.478 e. The number of carboxylic acid groups (broad SMARTS) is 2. The predicted molar refractivity (Wildman–Crippen MR) is 107 cm³/mol. The van der Waals surface area contributed by atoms with E-state index in [9.17, 15) is 14.7 Å². The van der Waals surface area contributed by atoms with Gasteiger partial charge in [0.1, 0.15) is 0 Å². The monoisotopic (exact) mass is 404 g/mol. The molecular formula is C18H16N2O5S2. The van der Waals surface area contributed by atoms with Gasteiger partial charge in [-0.1, -0.05) is 30.0 Å². The van der Waals surface area contributed by atoms with Gasteiger partial charge in [0, 0.05) is 44.6 Å². The number of fused-ring (bicyclic) bond motifs is 2. The van der Waals surface area contributed by atoms with E-state index in [4.69, 9.17) is 10.2 Å². The fraction of sp³-hybridized carbons (Fsp3) is 0.167. The Labute approximate surface area is 163 Å². The van der Waals surface area contributed by atoms with Crippen molar-refractivity contribution in [1.82, 2.24) is 4.90 Å². The first-order valence-corrected chi connectivity index (χ1v) is 9.65. The fourth-order valence-electron chi connectivity index (χ4n) is 2.74. The van der Waals surface area contributed by atoms with Crippen LogP contribution in [-0.2, 0) is 9.59 Å². The Hall–Kier alpha value is -2.62. The zero-order chi connectivity index (χ0) is 19.4. The second kappa shape index (κ2) is 8.38. The molecule has 0 unspecified atom stereocenters. The summed E-state index contributed by atoms with van der Waals surface area (Å²) < 4.78 is 1.29. The molecule has 0 saturated carbocycles. The summed E-state index contributed by atoms with van der Waals surface area (Å²) in [4.78, 5) is 26.9. The van der Waals surface area contributed by atoms with Crippen molar-refractivity contribution < 1.29 is 24.9 Å². The molecule has 9 heteroatoms. The number of nitrogens with zero attached hydrogens (tertiary/aromatic N) is 2. The van der Waals surface area contributed by atoms with Gasteiger partial charge in [0.15, 0.2) is 5.17 Å². The van der Waals surface area contributed by atoms with Crippen molar-refractivity contribution in [2.45, 2.75) is 0 Å². The van der Waals surface area contributed by atoms with Crippen molar-refractivity contribution in [2.24, 2.45) is 4.99 Å². The lowest BCUT2D eigenvalue weighted by atomic mass is 10.1. The quantitative estimate of drug-likeness (QED) is 0.672. The number of aliphatic imine (C=N–C) groups is 1. The summed E-state index contributed by atoms with van der Waals surface area (Å²) in [6, 6.07) is 8.43. The number of benzene rings is 1. The summed E-state index contributed by atoms with van der Waals surface area (Å²) in [6.07, 6.45) is 1.12. The zero-order valence-electron chi connectivity index (χ0n) is 14.0. The molecule has 0 saturated heterocycles. The van der Waals surface area contributed by atoms with Gasteiger partial charge in [0.2, 0.25) is 0 Å². The van der Waals surface area contributed by atoms with Crippen LogP contribution in [-0.4, -0.2) is 57.0 Å². The van der Waals surface area contributed by atoms with Crippen molar-refractivity contribution in [3.63, 3.8) is 0 Å². The van der Waals surface area contributed by atoms with Gasteiger partial charge in [-0.05, 0) is 6.07 Å². The summed E-state index contributed by atoms with van der Waals surface area (Å²) in [5.41, 5.74) is 2.38. The molecule has 0 bridgehead atoms. The van der Waals surface area contributed by atoms with E-state index in [-0.39, 0.29) is 6.61 Å². The van der Waals surface area contributed by atoms with Crippen LogP contribution in [0.1, 0.15) is 5.56 Å². The van der Waals surface area contributed by atoms with Gasteiger partial charge in [-0.3, -0.25) is 4.99 Å². The molecule has 0 atom stereocenters. The fourth-order valence-corrected chi connectivity index (χ4v) is 4.73. The van der Waals surface area contributed by atoms with Crippen molar-refractivity contribution in [2.75, 3.05) is 19.7 Å². The van der Waals surface area contributed by atoms with E-state index in [0.29, 0.717) is 12.2 Å². The molecule has 4 rings (SSSR count). The highest BCUT2D eigenvalue weighted by Crippen LogP contribution is 2.44. The van der Waals surface area contributed by atoms with E-state index in [1.54, 1.807) is 23.1 Å². The number of aliphatic hydroxyl groups is 1. The number of thioether (sulfide) groups is 1.